The number of ether oxygens (including phenoxy) is 1. The predicted molar refractivity (Wildman–Crippen MR) is 69.6 cm³/mol. The van der Waals surface area contributed by atoms with Crippen molar-refractivity contribution in [3.63, 3.8) is 0 Å². The van der Waals surface area contributed by atoms with Gasteiger partial charge in [-0.3, -0.25) is 0 Å². The molecule has 1 aliphatic heterocycles. The van der Waals surface area contributed by atoms with Crippen LogP contribution in [0, 0.1) is 11.7 Å². The van der Waals surface area contributed by atoms with Gasteiger partial charge in [0.25, 0.3) is 0 Å². The van der Waals surface area contributed by atoms with Gasteiger partial charge in [0.05, 0.1) is 6.61 Å². The van der Waals surface area contributed by atoms with Crippen LogP contribution in [0.15, 0.2) is 24.3 Å². The summed E-state index contributed by atoms with van der Waals surface area (Å²) in [6.07, 6.45) is 0.915. The van der Waals surface area contributed by atoms with E-state index in [1.807, 2.05) is 19.2 Å². The molecule has 0 aliphatic carbocycles. The summed E-state index contributed by atoms with van der Waals surface area (Å²) in [6, 6.07) is 7.09. The van der Waals surface area contributed by atoms with Crippen LogP contribution in [0.5, 0.6) is 0 Å². The van der Waals surface area contributed by atoms with Crippen molar-refractivity contribution in [3.05, 3.63) is 35.6 Å². The number of hydrogen-bond acceptors (Lipinski definition) is 3. The molecule has 3 nitrogen and oxygen atoms in total. The minimum absolute atomic E-state index is 0.145. The van der Waals surface area contributed by atoms with E-state index in [0.717, 1.165) is 25.1 Å². The van der Waals surface area contributed by atoms with Crippen molar-refractivity contribution in [2.45, 2.75) is 19.0 Å². The molecule has 0 radical (unpaired) electrons. The van der Waals surface area contributed by atoms with Gasteiger partial charge in [-0.2, -0.15) is 0 Å². The van der Waals surface area contributed by atoms with Crippen LogP contribution >= 0.6 is 0 Å². The minimum Gasteiger partial charge on any atom is -0.381 e. The lowest BCUT2D eigenvalue weighted by Gasteiger charge is -2.32. The van der Waals surface area contributed by atoms with E-state index in [2.05, 4.69) is 4.90 Å². The first-order valence-corrected chi connectivity index (χ1v) is 6.42. The van der Waals surface area contributed by atoms with Crippen molar-refractivity contribution in [1.82, 2.24) is 4.90 Å². The normalized spacial score (nSPS) is 24.4. The molecular formula is C14H21FN2O. The van der Waals surface area contributed by atoms with Gasteiger partial charge in [0.2, 0.25) is 0 Å². The van der Waals surface area contributed by atoms with Crippen LogP contribution in [-0.2, 0) is 11.3 Å². The van der Waals surface area contributed by atoms with Gasteiger partial charge >= 0.3 is 0 Å². The van der Waals surface area contributed by atoms with E-state index in [4.69, 9.17) is 10.5 Å². The number of nitrogens with two attached hydrogens (primary N) is 1. The summed E-state index contributed by atoms with van der Waals surface area (Å²) in [4.78, 5) is 2.11. The molecule has 1 aromatic rings. The lowest BCUT2D eigenvalue weighted by atomic mass is 9.96. The molecule has 1 saturated heterocycles. The molecule has 1 heterocycles. The van der Waals surface area contributed by atoms with Gasteiger partial charge in [0, 0.05) is 37.2 Å². The fourth-order valence-corrected chi connectivity index (χ4v) is 2.38. The highest BCUT2D eigenvalue weighted by Gasteiger charge is 2.23. The Hall–Kier alpha value is -0.970. The summed E-state index contributed by atoms with van der Waals surface area (Å²) < 4.78 is 19.0. The minimum atomic E-state index is -0.145. The maximum atomic E-state index is 13.5. The van der Waals surface area contributed by atoms with Gasteiger partial charge in [0.15, 0.2) is 0 Å². The number of nitrogens with zero attached hydrogens (tertiary/aromatic N) is 1. The van der Waals surface area contributed by atoms with Crippen LogP contribution in [-0.4, -0.2) is 37.7 Å². The topological polar surface area (TPSA) is 38.5 Å². The molecule has 0 bridgehead atoms. The van der Waals surface area contributed by atoms with E-state index in [9.17, 15) is 4.39 Å². The lowest BCUT2D eigenvalue weighted by Crippen LogP contribution is -2.44. The highest BCUT2D eigenvalue weighted by molar-refractivity contribution is 5.16. The van der Waals surface area contributed by atoms with Crippen molar-refractivity contribution in [2.75, 3.05) is 26.8 Å². The third-order valence-electron chi connectivity index (χ3n) is 3.48. The van der Waals surface area contributed by atoms with Gasteiger partial charge < -0.3 is 15.4 Å². The molecule has 2 atom stereocenters. The molecule has 4 heteroatoms. The number of halogens is 1. The summed E-state index contributed by atoms with van der Waals surface area (Å²) >= 11 is 0. The van der Waals surface area contributed by atoms with Crippen LogP contribution in [0.1, 0.15) is 12.0 Å². The highest BCUT2D eigenvalue weighted by atomic mass is 19.1. The van der Waals surface area contributed by atoms with Crippen molar-refractivity contribution in [2.24, 2.45) is 11.7 Å². The van der Waals surface area contributed by atoms with Crippen molar-refractivity contribution >= 4 is 0 Å². The van der Waals surface area contributed by atoms with Crippen LogP contribution in [0.2, 0.25) is 0 Å². The first kappa shape index (κ1) is 13.5. The maximum Gasteiger partial charge on any atom is 0.127 e. The van der Waals surface area contributed by atoms with E-state index in [0.29, 0.717) is 19.1 Å². The first-order valence-electron chi connectivity index (χ1n) is 6.42. The average Bonchev–Trinajstić information content (AvgIpc) is 2.35. The Morgan fingerprint density at radius 3 is 2.94 bits per heavy atom. The summed E-state index contributed by atoms with van der Waals surface area (Å²) in [6.45, 7) is 2.92. The molecule has 2 N–H and O–H groups in total. The summed E-state index contributed by atoms with van der Waals surface area (Å²) in [7, 11) is 1.99. The summed E-state index contributed by atoms with van der Waals surface area (Å²) in [5, 5.41) is 0. The van der Waals surface area contributed by atoms with Crippen LogP contribution in [0.3, 0.4) is 0 Å². The molecule has 0 spiro atoms. The maximum absolute atomic E-state index is 13.5. The molecule has 2 rings (SSSR count). The van der Waals surface area contributed by atoms with E-state index >= 15 is 0 Å². The molecule has 1 aromatic carbocycles. The number of rotatable bonds is 4. The van der Waals surface area contributed by atoms with E-state index in [1.165, 1.54) is 6.07 Å². The quantitative estimate of drug-likeness (QED) is 0.885. The van der Waals surface area contributed by atoms with Crippen LogP contribution in [0.4, 0.5) is 4.39 Å². The van der Waals surface area contributed by atoms with Gasteiger partial charge in [-0.15, -0.1) is 0 Å². The van der Waals surface area contributed by atoms with E-state index < -0.39 is 0 Å². The third kappa shape index (κ3) is 3.51. The molecule has 1 aliphatic rings. The van der Waals surface area contributed by atoms with E-state index in [1.54, 1.807) is 6.07 Å². The Labute approximate surface area is 108 Å². The van der Waals surface area contributed by atoms with Gasteiger partial charge in [-0.05, 0) is 19.5 Å². The SMILES string of the molecule is CN(Cc1ccccc1F)CC1COCCC1N. The molecular weight excluding hydrogens is 231 g/mol. The fraction of sp³-hybridized carbons (Fsp3) is 0.571. The fourth-order valence-electron chi connectivity index (χ4n) is 2.38. The zero-order valence-corrected chi connectivity index (χ0v) is 10.8. The number of hydrogen-bond donors (Lipinski definition) is 1. The van der Waals surface area contributed by atoms with Crippen LogP contribution < -0.4 is 5.73 Å². The van der Waals surface area contributed by atoms with E-state index in [-0.39, 0.29) is 11.9 Å². The highest BCUT2D eigenvalue weighted by Crippen LogP contribution is 2.16. The zero-order valence-electron chi connectivity index (χ0n) is 10.8. The van der Waals surface area contributed by atoms with Crippen molar-refractivity contribution in [1.29, 1.82) is 0 Å². The second kappa shape index (κ2) is 6.27. The Morgan fingerprint density at radius 1 is 1.44 bits per heavy atom. The molecule has 0 aromatic heterocycles. The van der Waals surface area contributed by atoms with Crippen molar-refractivity contribution < 1.29 is 9.13 Å². The Balaban J connectivity index is 1.88. The second-order valence-corrected chi connectivity index (χ2v) is 5.08. The lowest BCUT2D eigenvalue weighted by molar-refractivity contribution is 0.0285. The Morgan fingerprint density at radius 2 is 2.22 bits per heavy atom. The molecule has 0 amide bonds. The average molecular weight is 252 g/mol. The van der Waals surface area contributed by atoms with Crippen LogP contribution in [0.25, 0.3) is 0 Å². The van der Waals surface area contributed by atoms with Crippen molar-refractivity contribution in [3.8, 4) is 0 Å². The third-order valence-corrected chi connectivity index (χ3v) is 3.48. The smallest absolute Gasteiger partial charge is 0.127 e. The molecule has 2 unspecified atom stereocenters. The van der Waals surface area contributed by atoms with Gasteiger partial charge in [-0.25, -0.2) is 4.39 Å². The largest absolute Gasteiger partial charge is 0.381 e. The second-order valence-electron chi connectivity index (χ2n) is 5.08. The first-order chi connectivity index (χ1) is 8.66. The monoisotopic (exact) mass is 252 g/mol. The number of benzene rings is 1. The van der Waals surface area contributed by atoms with Gasteiger partial charge in [-0.1, -0.05) is 18.2 Å². The van der Waals surface area contributed by atoms with Gasteiger partial charge in [0.1, 0.15) is 5.82 Å². The zero-order chi connectivity index (χ0) is 13.0. The molecule has 0 saturated carbocycles. The Bertz CT molecular complexity index is 386. The molecule has 100 valence electrons. The molecule has 1 fully saturated rings. The predicted octanol–water partition coefficient (Wildman–Crippen LogP) is 1.62. The summed E-state index contributed by atoms with van der Waals surface area (Å²) in [5.74, 6) is 0.198. The molecule has 18 heavy (non-hydrogen) atoms. The standard InChI is InChI=1S/C14H21FN2O/c1-17(8-11-4-2-3-5-13(11)15)9-12-10-18-7-6-14(12)16/h2-5,12,14H,6-10,16H2,1H3. The Kier molecular flexibility index (Phi) is 4.69. The summed E-state index contributed by atoms with van der Waals surface area (Å²) in [5.41, 5.74) is 6.80.